The van der Waals surface area contributed by atoms with E-state index in [4.69, 9.17) is 5.11 Å². The van der Waals surface area contributed by atoms with Crippen molar-refractivity contribution in [3.63, 3.8) is 0 Å². The minimum atomic E-state index is -1.44. The first kappa shape index (κ1) is 16.8. The zero-order valence-corrected chi connectivity index (χ0v) is 12.5. The Bertz CT molecular complexity index is 366. The number of amides is 2. The number of aliphatic carboxylic acids is 1. The van der Waals surface area contributed by atoms with Crippen molar-refractivity contribution in [3.05, 3.63) is 0 Å². The first-order chi connectivity index (χ1) is 9.12. The van der Waals surface area contributed by atoms with Crippen molar-refractivity contribution in [1.29, 1.82) is 0 Å². The van der Waals surface area contributed by atoms with Crippen LogP contribution in [0.25, 0.3) is 0 Å². The molecule has 0 saturated heterocycles. The van der Waals surface area contributed by atoms with E-state index in [1.807, 2.05) is 0 Å². The van der Waals surface area contributed by atoms with E-state index in [9.17, 15) is 14.7 Å². The molecule has 0 aromatic carbocycles. The molecular formula is C14H26N2O4. The van der Waals surface area contributed by atoms with E-state index in [-0.39, 0.29) is 24.0 Å². The van der Waals surface area contributed by atoms with Gasteiger partial charge in [-0.05, 0) is 25.2 Å². The minimum absolute atomic E-state index is 0.0686. The Morgan fingerprint density at radius 3 is 2.55 bits per heavy atom. The van der Waals surface area contributed by atoms with Gasteiger partial charge < -0.3 is 20.8 Å². The minimum Gasteiger partial charge on any atom is -0.481 e. The predicted octanol–water partition coefficient (Wildman–Crippen LogP) is 1.48. The third-order valence-electron chi connectivity index (χ3n) is 3.97. The Hall–Kier alpha value is -1.30. The lowest BCUT2D eigenvalue weighted by Gasteiger charge is -2.39. The molecule has 0 aliphatic heterocycles. The maximum Gasteiger partial charge on any atom is 0.315 e. The van der Waals surface area contributed by atoms with Gasteiger partial charge in [0.25, 0.3) is 0 Å². The normalized spacial score (nSPS) is 24.5. The highest BCUT2D eigenvalue weighted by molar-refractivity contribution is 5.74. The number of carbonyl (C=O) groups excluding carboxylic acids is 1. The van der Waals surface area contributed by atoms with Crippen LogP contribution in [0.3, 0.4) is 0 Å². The number of carboxylic acids is 1. The average Bonchev–Trinajstić information content (AvgIpc) is 2.28. The molecule has 1 saturated carbocycles. The molecule has 2 amide bonds. The summed E-state index contributed by atoms with van der Waals surface area (Å²) < 4.78 is 0. The number of carboxylic acid groups (broad SMARTS) is 1. The quantitative estimate of drug-likeness (QED) is 0.615. The summed E-state index contributed by atoms with van der Waals surface area (Å²) in [6, 6.07) is -0.240. The molecule has 4 N–H and O–H groups in total. The number of nitrogens with one attached hydrogen (secondary N) is 2. The van der Waals surface area contributed by atoms with E-state index in [1.54, 1.807) is 0 Å². The average molecular weight is 286 g/mol. The van der Waals surface area contributed by atoms with Gasteiger partial charge in [0.2, 0.25) is 0 Å². The van der Waals surface area contributed by atoms with Gasteiger partial charge in [0, 0.05) is 12.6 Å². The fourth-order valence-corrected chi connectivity index (χ4v) is 2.63. The highest BCUT2D eigenvalue weighted by Crippen LogP contribution is 2.35. The van der Waals surface area contributed by atoms with E-state index >= 15 is 0 Å². The highest BCUT2D eigenvalue weighted by atomic mass is 16.4. The molecule has 0 bridgehead atoms. The molecular weight excluding hydrogens is 260 g/mol. The molecule has 0 radical (unpaired) electrons. The fraction of sp³-hybridized carbons (Fsp3) is 0.857. The fourth-order valence-electron chi connectivity index (χ4n) is 2.63. The topological polar surface area (TPSA) is 98.7 Å². The van der Waals surface area contributed by atoms with Gasteiger partial charge in [-0.15, -0.1) is 0 Å². The van der Waals surface area contributed by atoms with Gasteiger partial charge in [0.05, 0.1) is 12.0 Å². The summed E-state index contributed by atoms with van der Waals surface area (Å²) in [4.78, 5) is 22.4. The van der Waals surface area contributed by atoms with Gasteiger partial charge in [0.1, 0.15) is 0 Å². The van der Waals surface area contributed by atoms with Crippen molar-refractivity contribution in [3.8, 4) is 0 Å². The van der Waals surface area contributed by atoms with Gasteiger partial charge in [0.15, 0.2) is 0 Å². The van der Waals surface area contributed by atoms with Crippen molar-refractivity contribution >= 4 is 12.0 Å². The van der Waals surface area contributed by atoms with Gasteiger partial charge in [-0.1, -0.05) is 26.7 Å². The molecule has 2 unspecified atom stereocenters. The van der Waals surface area contributed by atoms with Crippen LogP contribution in [0.15, 0.2) is 0 Å². The molecule has 1 fully saturated rings. The smallest absolute Gasteiger partial charge is 0.315 e. The van der Waals surface area contributed by atoms with Crippen molar-refractivity contribution in [2.45, 2.75) is 64.5 Å². The molecule has 20 heavy (non-hydrogen) atoms. The molecule has 0 aromatic rings. The summed E-state index contributed by atoms with van der Waals surface area (Å²) in [5.41, 5.74) is -1.37. The van der Waals surface area contributed by atoms with E-state index in [1.165, 1.54) is 13.3 Å². The molecule has 6 heteroatoms. The molecule has 0 aromatic heterocycles. The Kier molecular flexibility index (Phi) is 5.39. The Morgan fingerprint density at radius 2 is 2.00 bits per heavy atom. The van der Waals surface area contributed by atoms with Crippen LogP contribution in [-0.2, 0) is 4.79 Å². The zero-order chi connectivity index (χ0) is 15.4. The number of urea groups is 1. The summed E-state index contributed by atoms with van der Waals surface area (Å²) in [7, 11) is 0. The highest BCUT2D eigenvalue weighted by Gasteiger charge is 2.33. The Labute approximate surface area is 119 Å². The summed E-state index contributed by atoms with van der Waals surface area (Å²) in [5, 5.41) is 24.0. The molecule has 0 heterocycles. The monoisotopic (exact) mass is 286 g/mol. The number of hydrogen-bond acceptors (Lipinski definition) is 3. The second-order valence-electron chi connectivity index (χ2n) is 6.68. The molecule has 116 valence electrons. The molecule has 1 rings (SSSR count). The second-order valence-corrected chi connectivity index (χ2v) is 6.68. The maximum atomic E-state index is 11.9. The van der Waals surface area contributed by atoms with Gasteiger partial charge in [-0.3, -0.25) is 4.79 Å². The Morgan fingerprint density at radius 1 is 1.35 bits per heavy atom. The van der Waals surface area contributed by atoms with E-state index in [0.717, 1.165) is 19.3 Å². The number of aliphatic hydroxyl groups is 1. The van der Waals surface area contributed by atoms with Crippen LogP contribution in [0.5, 0.6) is 0 Å². The number of hydrogen-bond donors (Lipinski definition) is 4. The van der Waals surface area contributed by atoms with Crippen molar-refractivity contribution in [1.82, 2.24) is 10.6 Å². The van der Waals surface area contributed by atoms with Crippen LogP contribution in [0.2, 0.25) is 0 Å². The summed E-state index contributed by atoms with van der Waals surface area (Å²) in [5.74, 6) is -1.09. The van der Waals surface area contributed by atoms with E-state index in [0.29, 0.717) is 0 Å². The van der Waals surface area contributed by atoms with Gasteiger partial charge in [-0.25, -0.2) is 4.79 Å². The van der Waals surface area contributed by atoms with Crippen LogP contribution < -0.4 is 10.6 Å². The lowest BCUT2D eigenvalue weighted by Crippen LogP contribution is -2.52. The largest absolute Gasteiger partial charge is 0.481 e. The lowest BCUT2D eigenvalue weighted by atomic mass is 9.73. The first-order valence-electron chi connectivity index (χ1n) is 7.11. The molecule has 1 aliphatic carbocycles. The van der Waals surface area contributed by atoms with Crippen LogP contribution in [0, 0.1) is 5.41 Å². The third kappa shape index (κ3) is 5.36. The van der Waals surface area contributed by atoms with Crippen LogP contribution in [0.4, 0.5) is 4.79 Å². The van der Waals surface area contributed by atoms with Crippen LogP contribution in [0.1, 0.15) is 52.9 Å². The molecule has 6 nitrogen and oxygen atoms in total. The summed E-state index contributed by atoms with van der Waals surface area (Å²) in [6.07, 6.45) is 3.91. The predicted molar refractivity (Wildman–Crippen MR) is 75.4 cm³/mol. The number of carbonyl (C=O) groups is 2. The van der Waals surface area contributed by atoms with Crippen molar-refractivity contribution in [2.75, 3.05) is 6.54 Å². The summed E-state index contributed by atoms with van der Waals surface area (Å²) >= 11 is 0. The van der Waals surface area contributed by atoms with Crippen molar-refractivity contribution < 1.29 is 19.8 Å². The summed E-state index contributed by atoms with van der Waals surface area (Å²) in [6.45, 7) is 5.58. The molecule has 0 spiro atoms. The van der Waals surface area contributed by atoms with Gasteiger partial charge >= 0.3 is 12.0 Å². The first-order valence-corrected chi connectivity index (χ1v) is 7.11. The van der Waals surface area contributed by atoms with E-state index < -0.39 is 18.0 Å². The Balaban J connectivity index is 2.42. The van der Waals surface area contributed by atoms with Gasteiger partial charge in [-0.2, -0.15) is 0 Å². The maximum absolute atomic E-state index is 11.9. The lowest BCUT2D eigenvalue weighted by molar-refractivity contribution is -0.141. The zero-order valence-electron chi connectivity index (χ0n) is 12.5. The van der Waals surface area contributed by atoms with E-state index in [2.05, 4.69) is 24.5 Å². The second kappa shape index (κ2) is 6.43. The third-order valence-corrected chi connectivity index (χ3v) is 3.97. The molecule has 1 aliphatic rings. The van der Waals surface area contributed by atoms with Crippen LogP contribution >= 0.6 is 0 Å². The number of rotatable bonds is 5. The molecule has 2 atom stereocenters. The standard InChI is InChI=1S/C14H26N2O4/c1-13(2)7-5-4-6-10(13)16-12(19)15-9-14(3,20)8-11(17)18/h10,20H,4-9H2,1-3H3,(H,17,18)(H2,15,16,19). The van der Waals surface area contributed by atoms with Crippen molar-refractivity contribution in [2.24, 2.45) is 5.41 Å². The van der Waals surface area contributed by atoms with Crippen LogP contribution in [-0.4, -0.2) is 40.4 Å². The SMILES string of the molecule is CC(O)(CNC(=O)NC1CCCCC1(C)C)CC(=O)O.